The van der Waals surface area contributed by atoms with Crippen molar-refractivity contribution in [1.82, 2.24) is 0 Å². The van der Waals surface area contributed by atoms with Crippen LogP contribution in [0.2, 0.25) is 0 Å². The number of thiophene rings is 1. The number of allylic oxidation sites excluding steroid dienone is 1. The van der Waals surface area contributed by atoms with Gasteiger partial charge in [-0.05, 0) is 50.1 Å². The Morgan fingerprint density at radius 2 is 1.66 bits per heavy atom. The molecule has 0 amide bonds. The lowest BCUT2D eigenvalue weighted by Crippen LogP contribution is -2.12. The third-order valence-corrected chi connectivity index (χ3v) is 5.64. The molecule has 9 heteroatoms. The van der Waals surface area contributed by atoms with E-state index in [0.717, 1.165) is 11.3 Å². The molecule has 0 saturated carbocycles. The van der Waals surface area contributed by atoms with Gasteiger partial charge in [-0.3, -0.25) is 4.79 Å². The van der Waals surface area contributed by atoms with Crippen LogP contribution >= 0.6 is 11.3 Å². The van der Waals surface area contributed by atoms with E-state index < -0.39 is 23.7 Å². The number of nitriles is 1. The number of aromatic carboxylic acids is 1. The molecule has 166 valence electrons. The highest BCUT2D eigenvalue weighted by molar-refractivity contribution is 7.14. The molecule has 1 aromatic heterocycles. The minimum atomic E-state index is -1.09. The van der Waals surface area contributed by atoms with E-state index >= 15 is 0 Å². The van der Waals surface area contributed by atoms with Crippen molar-refractivity contribution in [3.63, 3.8) is 0 Å². The van der Waals surface area contributed by atoms with Crippen LogP contribution in [0.1, 0.15) is 60.2 Å². The number of hydrogen-bond donors (Lipinski definition) is 1. The summed E-state index contributed by atoms with van der Waals surface area (Å²) in [7, 11) is 0. The topological polar surface area (TPSA) is 131 Å². The summed E-state index contributed by atoms with van der Waals surface area (Å²) in [6, 6.07) is 7.52. The van der Waals surface area contributed by atoms with Crippen LogP contribution in [-0.2, 0) is 20.7 Å². The molecule has 2 rings (SSSR count). The van der Waals surface area contributed by atoms with Gasteiger partial charge in [0.05, 0.1) is 29.9 Å². The number of esters is 2. The van der Waals surface area contributed by atoms with Gasteiger partial charge in [0, 0.05) is 11.3 Å². The number of carboxylic acid groups (broad SMARTS) is 1. The average molecular weight is 455 g/mol. The van der Waals surface area contributed by atoms with Crippen LogP contribution in [0.5, 0.6) is 0 Å². The van der Waals surface area contributed by atoms with E-state index in [2.05, 4.69) is 0 Å². The molecule has 0 saturated heterocycles. The highest BCUT2D eigenvalue weighted by Crippen LogP contribution is 2.31. The molecule has 1 N–H and O–H groups in total. The quantitative estimate of drug-likeness (QED) is 0.343. The molecule has 0 fully saturated rings. The van der Waals surface area contributed by atoms with Crippen molar-refractivity contribution >= 4 is 41.1 Å². The molecule has 0 bridgehead atoms. The molecule has 8 nitrogen and oxygen atoms in total. The van der Waals surface area contributed by atoms with Gasteiger partial charge >= 0.3 is 17.9 Å². The summed E-state index contributed by atoms with van der Waals surface area (Å²) in [6.45, 7) is 5.15. The minimum absolute atomic E-state index is 0.0756. The lowest BCUT2D eigenvalue weighted by Gasteiger charge is -2.05. The molecular formula is C23H21NO7S. The van der Waals surface area contributed by atoms with Gasteiger partial charge < -0.3 is 14.6 Å². The van der Waals surface area contributed by atoms with E-state index in [1.165, 1.54) is 30.3 Å². The van der Waals surface area contributed by atoms with Crippen molar-refractivity contribution in [2.24, 2.45) is 0 Å². The number of carboxylic acids is 1. The molecule has 1 aromatic carbocycles. The monoisotopic (exact) mass is 455 g/mol. The van der Waals surface area contributed by atoms with Crippen LogP contribution in [-0.4, -0.2) is 42.0 Å². The molecule has 0 aliphatic heterocycles. The summed E-state index contributed by atoms with van der Waals surface area (Å²) < 4.78 is 10.1. The normalized spacial score (nSPS) is 10.9. The van der Waals surface area contributed by atoms with Crippen LogP contribution < -0.4 is 0 Å². The molecule has 0 unspecified atom stereocenters. The highest BCUT2D eigenvalue weighted by atomic mass is 32.1. The van der Waals surface area contributed by atoms with E-state index in [1.807, 2.05) is 6.07 Å². The summed E-state index contributed by atoms with van der Waals surface area (Å²) in [5, 5.41) is 18.4. The van der Waals surface area contributed by atoms with Gasteiger partial charge in [0.1, 0.15) is 10.9 Å². The summed E-state index contributed by atoms with van der Waals surface area (Å²) in [5.74, 6) is -2.91. The van der Waals surface area contributed by atoms with Crippen LogP contribution in [0.15, 0.2) is 29.8 Å². The predicted molar refractivity (Wildman–Crippen MR) is 117 cm³/mol. The first kappa shape index (κ1) is 24.5. The Bertz CT molecular complexity index is 1120. The van der Waals surface area contributed by atoms with E-state index in [0.29, 0.717) is 16.0 Å². The molecule has 0 spiro atoms. The van der Waals surface area contributed by atoms with Crippen molar-refractivity contribution < 1.29 is 33.8 Å². The minimum Gasteiger partial charge on any atom is -0.478 e. The second kappa shape index (κ2) is 11.0. The highest BCUT2D eigenvalue weighted by Gasteiger charge is 2.28. The van der Waals surface area contributed by atoms with Crippen LogP contribution in [0.25, 0.3) is 6.08 Å². The molecule has 32 heavy (non-hydrogen) atoms. The van der Waals surface area contributed by atoms with Crippen molar-refractivity contribution in [1.29, 1.82) is 5.26 Å². The maximum atomic E-state index is 12.8. The zero-order chi connectivity index (χ0) is 23.8. The maximum absolute atomic E-state index is 12.8. The average Bonchev–Trinajstić information content (AvgIpc) is 3.08. The molecule has 0 atom stereocenters. The van der Waals surface area contributed by atoms with E-state index in [4.69, 9.17) is 14.6 Å². The van der Waals surface area contributed by atoms with Gasteiger partial charge in [0.15, 0.2) is 5.78 Å². The number of carbonyl (C=O) groups excluding carboxylic acids is 3. The van der Waals surface area contributed by atoms with Gasteiger partial charge in [-0.2, -0.15) is 5.26 Å². The van der Waals surface area contributed by atoms with E-state index in [9.17, 15) is 24.4 Å². The SMILES string of the molecule is CCOC(=O)c1sc(CC(=O)/C(C#N)=C/c2ccc(C(=O)O)cc2)c(C(=O)OCC)c1C. The Labute approximate surface area is 188 Å². The lowest BCUT2D eigenvalue weighted by molar-refractivity contribution is -0.114. The summed E-state index contributed by atoms with van der Waals surface area (Å²) in [4.78, 5) is 49.0. The largest absolute Gasteiger partial charge is 0.478 e. The molecule has 2 aromatic rings. The number of ether oxygens (including phenoxy) is 2. The van der Waals surface area contributed by atoms with Crippen molar-refractivity contribution in [2.45, 2.75) is 27.2 Å². The standard InChI is InChI=1S/C23H21NO7S/c1-4-30-22(28)19-13(3)20(23(29)31-5-2)32-18(19)11-17(25)16(12-24)10-14-6-8-15(9-7-14)21(26)27/h6-10H,4-5,11H2,1-3H3,(H,26,27)/b16-10+. The molecular weight excluding hydrogens is 434 g/mol. The zero-order valence-electron chi connectivity index (χ0n) is 17.8. The summed E-state index contributed by atoms with van der Waals surface area (Å²) >= 11 is 0.958. The Balaban J connectivity index is 2.40. The van der Waals surface area contributed by atoms with Gasteiger partial charge in [-0.25, -0.2) is 14.4 Å². The third-order valence-electron chi connectivity index (χ3n) is 4.37. The number of hydrogen-bond acceptors (Lipinski definition) is 8. The number of rotatable bonds is 9. The molecule has 0 radical (unpaired) electrons. The number of nitrogens with zero attached hydrogens (tertiary/aromatic N) is 1. The number of Topliss-reactive ketones (excluding diaryl/α,β-unsaturated/α-hetero) is 1. The fourth-order valence-electron chi connectivity index (χ4n) is 2.86. The number of ketones is 1. The molecule has 1 heterocycles. The van der Waals surface area contributed by atoms with Crippen LogP contribution in [0, 0.1) is 18.3 Å². The summed E-state index contributed by atoms with van der Waals surface area (Å²) in [5.41, 5.74) is 0.858. The fourth-order valence-corrected chi connectivity index (χ4v) is 4.05. The van der Waals surface area contributed by atoms with Gasteiger partial charge in [-0.15, -0.1) is 11.3 Å². The van der Waals surface area contributed by atoms with Crippen LogP contribution in [0.4, 0.5) is 0 Å². The first-order valence-electron chi connectivity index (χ1n) is 9.68. The van der Waals surface area contributed by atoms with E-state index in [-0.39, 0.29) is 41.2 Å². The van der Waals surface area contributed by atoms with E-state index in [1.54, 1.807) is 20.8 Å². The molecule has 0 aliphatic rings. The second-order valence-electron chi connectivity index (χ2n) is 6.49. The lowest BCUT2D eigenvalue weighted by atomic mass is 10.0. The Kier molecular flexibility index (Phi) is 8.44. The second-order valence-corrected chi connectivity index (χ2v) is 7.60. The van der Waals surface area contributed by atoms with Crippen LogP contribution in [0.3, 0.4) is 0 Å². The first-order valence-corrected chi connectivity index (χ1v) is 10.5. The van der Waals surface area contributed by atoms with Crippen molar-refractivity contribution in [3.8, 4) is 6.07 Å². The fraction of sp³-hybridized carbons (Fsp3) is 0.261. The summed E-state index contributed by atoms with van der Waals surface area (Å²) in [6.07, 6.45) is 1.05. The number of benzene rings is 1. The van der Waals surface area contributed by atoms with Crippen molar-refractivity contribution in [2.75, 3.05) is 13.2 Å². The zero-order valence-corrected chi connectivity index (χ0v) is 18.6. The maximum Gasteiger partial charge on any atom is 0.348 e. The van der Waals surface area contributed by atoms with Gasteiger partial charge in [-0.1, -0.05) is 12.1 Å². The molecule has 0 aliphatic carbocycles. The Morgan fingerprint density at radius 3 is 2.19 bits per heavy atom. The van der Waals surface area contributed by atoms with Gasteiger partial charge in [0.2, 0.25) is 0 Å². The first-order chi connectivity index (χ1) is 15.2. The smallest absolute Gasteiger partial charge is 0.348 e. The predicted octanol–water partition coefficient (Wildman–Crippen LogP) is 3.83. The van der Waals surface area contributed by atoms with Gasteiger partial charge in [0.25, 0.3) is 0 Å². The number of carbonyl (C=O) groups is 4. The Morgan fingerprint density at radius 1 is 1.06 bits per heavy atom. The Hall–Kier alpha value is -3.77. The van der Waals surface area contributed by atoms with Crippen molar-refractivity contribution in [3.05, 3.63) is 61.8 Å². The third kappa shape index (κ3) is 5.68.